The van der Waals surface area contributed by atoms with Gasteiger partial charge < -0.3 is 4.57 Å². The molecule has 1 nitrogen and oxygen atoms in total. The highest BCUT2D eigenvalue weighted by Gasteiger charge is 2.08. The zero-order chi connectivity index (χ0) is 9.14. The first-order valence-corrected chi connectivity index (χ1v) is 4.86. The fourth-order valence-electron chi connectivity index (χ4n) is 1.66. The second kappa shape index (κ2) is 3.79. The van der Waals surface area contributed by atoms with Crippen molar-refractivity contribution in [2.24, 2.45) is 0 Å². The van der Waals surface area contributed by atoms with Crippen LogP contribution in [0.1, 0.15) is 44.5 Å². The minimum Gasteiger partial charge on any atom is -0.349 e. The quantitative estimate of drug-likeness (QED) is 0.647. The summed E-state index contributed by atoms with van der Waals surface area (Å²) in [7, 11) is 0. The molecule has 0 saturated carbocycles. The lowest BCUT2D eigenvalue weighted by molar-refractivity contribution is 0.618. The fourth-order valence-corrected chi connectivity index (χ4v) is 1.66. The number of aromatic nitrogens is 1. The van der Waals surface area contributed by atoms with Crippen molar-refractivity contribution in [3.8, 4) is 0 Å². The van der Waals surface area contributed by atoms with Gasteiger partial charge in [-0.15, -0.1) is 0 Å². The summed E-state index contributed by atoms with van der Waals surface area (Å²) in [5.41, 5.74) is 2.87. The van der Waals surface area contributed by atoms with Crippen LogP contribution in [-0.2, 0) is 6.54 Å². The maximum absolute atomic E-state index is 2.40. The van der Waals surface area contributed by atoms with Gasteiger partial charge in [-0.05, 0) is 38.3 Å². The van der Waals surface area contributed by atoms with Crippen LogP contribution in [0.5, 0.6) is 0 Å². The molecule has 0 aliphatic heterocycles. The normalized spacial score (nSPS) is 13.3. The van der Waals surface area contributed by atoms with Crippen molar-refractivity contribution in [3.05, 3.63) is 23.5 Å². The molecule has 1 rings (SSSR count). The van der Waals surface area contributed by atoms with Gasteiger partial charge in [-0.25, -0.2) is 0 Å². The summed E-state index contributed by atoms with van der Waals surface area (Å²) in [5, 5.41) is 0. The number of rotatable bonds is 3. The summed E-state index contributed by atoms with van der Waals surface area (Å²) in [6.45, 7) is 10.0. The highest BCUT2D eigenvalue weighted by molar-refractivity contribution is 5.18. The highest BCUT2D eigenvalue weighted by atomic mass is 15.0. The molecule has 1 unspecified atom stereocenters. The van der Waals surface area contributed by atoms with Gasteiger partial charge in [0.05, 0.1) is 0 Å². The van der Waals surface area contributed by atoms with Crippen molar-refractivity contribution in [2.45, 2.75) is 46.6 Å². The zero-order valence-electron chi connectivity index (χ0n) is 8.59. The topological polar surface area (TPSA) is 4.93 Å². The van der Waals surface area contributed by atoms with Gasteiger partial charge in [-0.3, -0.25) is 0 Å². The molecule has 68 valence electrons. The molecule has 12 heavy (non-hydrogen) atoms. The van der Waals surface area contributed by atoms with Crippen LogP contribution >= 0.6 is 0 Å². The van der Waals surface area contributed by atoms with Crippen LogP contribution < -0.4 is 0 Å². The number of aryl methyl sites for hydroxylation is 1. The van der Waals surface area contributed by atoms with Gasteiger partial charge in [0.15, 0.2) is 0 Å². The molecule has 1 aromatic heterocycles. The van der Waals surface area contributed by atoms with E-state index in [-0.39, 0.29) is 0 Å². The number of hydrogen-bond donors (Lipinski definition) is 0. The molecule has 0 radical (unpaired) electrons. The smallest absolute Gasteiger partial charge is 0.0205 e. The molecule has 1 atom stereocenters. The third-order valence-corrected chi connectivity index (χ3v) is 2.67. The van der Waals surface area contributed by atoms with E-state index in [2.05, 4.69) is 44.4 Å². The van der Waals surface area contributed by atoms with Gasteiger partial charge in [-0.1, -0.05) is 13.8 Å². The molecule has 0 fully saturated rings. The van der Waals surface area contributed by atoms with E-state index in [0.29, 0.717) is 5.92 Å². The van der Waals surface area contributed by atoms with Crippen molar-refractivity contribution in [2.75, 3.05) is 0 Å². The summed E-state index contributed by atoms with van der Waals surface area (Å²) < 4.78 is 2.40. The molecule has 0 aromatic carbocycles. The maximum Gasteiger partial charge on any atom is 0.0205 e. The summed E-state index contributed by atoms with van der Waals surface area (Å²) in [5.74, 6) is 0.693. The molecule has 0 spiro atoms. The minimum absolute atomic E-state index is 0.693. The molecule has 1 heterocycles. The Morgan fingerprint density at radius 1 is 1.33 bits per heavy atom. The summed E-state index contributed by atoms with van der Waals surface area (Å²) in [6.07, 6.45) is 1.23. The minimum atomic E-state index is 0.693. The predicted molar refractivity (Wildman–Crippen MR) is 53.5 cm³/mol. The second-order valence-corrected chi connectivity index (χ2v) is 3.45. The largest absolute Gasteiger partial charge is 0.349 e. The average molecular weight is 165 g/mol. The lowest BCUT2D eigenvalue weighted by Crippen LogP contribution is -2.05. The van der Waals surface area contributed by atoms with Gasteiger partial charge in [0, 0.05) is 17.9 Å². The Labute approximate surface area is 75.4 Å². The predicted octanol–water partition coefficient (Wildman–Crippen LogP) is 3.33. The van der Waals surface area contributed by atoms with E-state index in [1.165, 1.54) is 17.8 Å². The first-order valence-electron chi connectivity index (χ1n) is 4.86. The Morgan fingerprint density at radius 3 is 2.50 bits per heavy atom. The molecule has 1 heteroatoms. The second-order valence-electron chi connectivity index (χ2n) is 3.45. The molecular weight excluding hydrogens is 146 g/mol. The Morgan fingerprint density at radius 2 is 2.00 bits per heavy atom. The van der Waals surface area contributed by atoms with E-state index < -0.39 is 0 Å². The lowest BCUT2D eigenvalue weighted by Gasteiger charge is -2.13. The Hall–Kier alpha value is -0.720. The van der Waals surface area contributed by atoms with Crippen LogP contribution in [0.25, 0.3) is 0 Å². The Bertz CT molecular complexity index is 248. The molecule has 1 aromatic rings. The molecule has 0 bridgehead atoms. The van der Waals surface area contributed by atoms with Gasteiger partial charge in [0.2, 0.25) is 0 Å². The first kappa shape index (κ1) is 9.37. The fraction of sp³-hybridized carbons (Fsp3) is 0.636. The zero-order valence-corrected chi connectivity index (χ0v) is 8.59. The summed E-state index contributed by atoms with van der Waals surface area (Å²) in [6, 6.07) is 4.47. The van der Waals surface area contributed by atoms with Crippen LogP contribution in [0.15, 0.2) is 12.1 Å². The Balaban J connectivity index is 2.98. The van der Waals surface area contributed by atoms with E-state index in [1.807, 2.05) is 0 Å². The molecule has 0 amide bonds. The van der Waals surface area contributed by atoms with Crippen LogP contribution in [0.2, 0.25) is 0 Å². The first-order chi connectivity index (χ1) is 5.70. The van der Waals surface area contributed by atoms with Crippen LogP contribution in [0, 0.1) is 6.92 Å². The molecule has 0 saturated heterocycles. The van der Waals surface area contributed by atoms with Gasteiger partial charge in [0.1, 0.15) is 0 Å². The SMILES string of the molecule is CCC(C)c1ccc(C)n1CC. The summed E-state index contributed by atoms with van der Waals surface area (Å²) in [4.78, 5) is 0. The van der Waals surface area contributed by atoms with E-state index in [4.69, 9.17) is 0 Å². The van der Waals surface area contributed by atoms with Crippen molar-refractivity contribution < 1.29 is 0 Å². The van der Waals surface area contributed by atoms with E-state index in [0.717, 1.165) is 6.54 Å². The van der Waals surface area contributed by atoms with Crippen molar-refractivity contribution in [1.29, 1.82) is 0 Å². The molecule has 0 aliphatic carbocycles. The lowest BCUT2D eigenvalue weighted by atomic mass is 10.1. The van der Waals surface area contributed by atoms with E-state index in [9.17, 15) is 0 Å². The van der Waals surface area contributed by atoms with Crippen LogP contribution in [0.4, 0.5) is 0 Å². The average Bonchev–Trinajstić information content (AvgIpc) is 2.45. The highest BCUT2D eigenvalue weighted by Crippen LogP contribution is 2.21. The van der Waals surface area contributed by atoms with Crippen LogP contribution in [-0.4, -0.2) is 4.57 Å². The van der Waals surface area contributed by atoms with E-state index >= 15 is 0 Å². The molecule has 0 N–H and O–H groups in total. The van der Waals surface area contributed by atoms with Crippen LogP contribution in [0.3, 0.4) is 0 Å². The van der Waals surface area contributed by atoms with Gasteiger partial charge in [0.25, 0.3) is 0 Å². The summed E-state index contributed by atoms with van der Waals surface area (Å²) >= 11 is 0. The number of nitrogens with zero attached hydrogens (tertiary/aromatic N) is 1. The molecular formula is C11H19N. The number of hydrogen-bond acceptors (Lipinski definition) is 0. The maximum atomic E-state index is 2.40. The Kier molecular flexibility index (Phi) is 2.96. The van der Waals surface area contributed by atoms with Gasteiger partial charge in [-0.2, -0.15) is 0 Å². The standard InChI is InChI=1S/C11H19N/c1-5-9(3)11-8-7-10(4)12(11)6-2/h7-9H,5-6H2,1-4H3. The van der Waals surface area contributed by atoms with Crippen molar-refractivity contribution >= 4 is 0 Å². The van der Waals surface area contributed by atoms with Gasteiger partial charge >= 0.3 is 0 Å². The van der Waals surface area contributed by atoms with Crippen molar-refractivity contribution in [1.82, 2.24) is 4.57 Å². The third kappa shape index (κ3) is 1.55. The van der Waals surface area contributed by atoms with E-state index in [1.54, 1.807) is 0 Å². The molecule has 0 aliphatic rings. The van der Waals surface area contributed by atoms with Crippen molar-refractivity contribution in [3.63, 3.8) is 0 Å². The monoisotopic (exact) mass is 165 g/mol. The third-order valence-electron chi connectivity index (χ3n) is 2.67.